The first-order chi connectivity index (χ1) is 10.9. The average Bonchev–Trinajstić information content (AvgIpc) is 3.01. The summed E-state index contributed by atoms with van der Waals surface area (Å²) in [6.07, 6.45) is 2.68. The lowest BCUT2D eigenvalue weighted by atomic mass is 10.1. The number of amides is 1. The molecule has 1 amide bonds. The van der Waals surface area contributed by atoms with Gasteiger partial charge in [-0.3, -0.25) is 14.5 Å². The number of hydrogen-bond donors (Lipinski definition) is 1. The summed E-state index contributed by atoms with van der Waals surface area (Å²) in [5.41, 5.74) is 1.91. The van der Waals surface area contributed by atoms with Gasteiger partial charge in [0.1, 0.15) is 16.3 Å². The molecule has 0 spiro atoms. The number of rotatable bonds is 4. The largest absolute Gasteiger partial charge is 0.295 e. The number of carbonyl (C=O) groups excluding carboxylic acids is 1. The SMILES string of the molecule is Cc1nc2ccc(Br)cn2c1C(=O)Nc1nnc(CC(C)C)s1. The maximum absolute atomic E-state index is 12.6. The number of anilines is 1. The first-order valence-corrected chi connectivity index (χ1v) is 8.83. The molecule has 0 aliphatic rings. The normalized spacial score (nSPS) is 11.3. The molecule has 0 bridgehead atoms. The van der Waals surface area contributed by atoms with Crippen LogP contribution in [-0.4, -0.2) is 25.5 Å². The summed E-state index contributed by atoms with van der Waals surface area (Å²) in [7, 11) is 0. The van der Waals surface area contributed by atoms with E-state index in [1.54, 1.807) is 4.40 Å². The van der Waals surface area contributed by atoms with Gasteiger partial charge in [0.15, 0.2) is 0 Å². The fourth-order valence-corrected chi connectivity index (χ4v) is 3.59. The van der Waals surface area contributed by atoms with Gasteiger partial charge in [0.25, 0.3) is 5.91 Å². The Morgan fingerprint density at radius 2 is 2.17 bits per heavy atom. The van der Waals surface area contributed by atoms with E-state index >= 15 is 0 Å². The van der Waals surface area contributed by atoms with Gasteiger partial charge in [0.2, 0.25) is 5.13 Å². The van der Waals surface area contributed by atoms with Crippen LogP contribution in [0, 0.1) is 12.8 Å². The Morgan fingerprint density at radius 1 is 1.39 bits per heavy atom. The third kappa shape index (κ3) is 3.42. The van der Waals surface area contributed by atoms with Crippen LogP contribution in [0.5, 0.6) is 0 Å². The van der Waals surface area contributed by atoms with Crippen molar-refractivity contribution in [1.82, 2.24) is 19.6 Å². The van der Waals surface area contributed by atoms with Crippen LogP contribution in [-0.2, 0) is 6.42 Å². The van der Waals surface area contributed by atoms with Gasteiger partial charge >= 0.3 is 0 Å². The molecule has 3 heterocycles. The van der Waals surface area contributed by atoms with Crippen LogP contribution in [0.4, 0.5) is 5.13 Å². The van der Waals surface area contributed by atoms with Crippen molar-refractivity contribution in [2.75, 3.05) is 5.32 Å². The lowest BCUT2D eigenvalue weighted by Crippen LogP contribution is -2.15. The molecule has 0 saturated carbocycles. The highest BCUT2D eigenvalue weighted by Gasteiger charge is 2.18. The van der Waals surface area contributed by atoms with Gasteiger partial charge < -0.3 is 0 Å². The molecule has 3 aromatic rings. The molecule has 1 N–H and O–H groups in total. The van der Waals surface area contributed by atoms with Gasteiger partial charge in [-0.05, 0) is 40.9 Å². The zero-order valence-corrected chi connectivity index (χ0v) is 15.4. The molecule has 0 aliphatic heterocycles. The van der Waals surface area contributed by atoms with Crippen LogP contribution < -0.4 is 5.32 Å². The monoisotopic (exact) mass is 393 g/mol. The number of pyridine rings is 1. The van der Waals surface area contributed by atoms with Crippen LogP contribution in [0.3, 0.4) is 0 Å². The van der Waals surface area contributed by atoms with E-state index in [-0.39, 0.29) is 5.91 Å². The first kappa shape index (κ1) is 16.1. The summed E-state index contributed by atoms with van der Waals surface area (Å²) in [5.74, 6) is 0.269. The van der Waals surface area contributed by atoms with E-state index in [2.05, 4.69) is 50.3 Å². The number of imidazole rings is 1. The maximum Gasteiger partial charge on any atom is 0.276 e. The molecule has 8 heteroatoms. The van der Waals surface area contributed by atoms with E-state index in [9.17, 15) is 4.79 Å². The Kier molecular flexibility index (Phi) is 4.45. The molecule has 23 heavy (non-hydrogen) atoms. The van der Waals surface area contributed by atoms with Crippen molar-refractivity contribution >= 4 is 44.0 Å². The first-order valence-electron chi connectivity index (χ1n) is 7.22. The summed E-state index contributed by atoms with van der Waals surface area (Å²) in [4.78, 5) is 17.0. The van der Waals surface area contributed by atoms with Crippen molar-refractivity contribution < 1.29 is 4.79 Å². The highest BCUT2D eigenvalue weighted by molar-refractivity contribution is 9.10. The topological polar surface area (TPSA) is 72.2 Å². The number of nitrogens with one attached hydrogen (secondary N) is 1. The van der Waals surface area contributed by atoms with Crippen LogP contribution in [0.15, 0.2) is 22.8 Å². The Balaban J connectivity index is 1.87. The second-order valence-corrected chi connectivity index (χ2v) is 7.65. The number of aryl methyl sites for hydroxylation is 1. The molecule has 0 unspecified atom stereocenters. The Labute approximate surface area is 146 Å². The molecule has 0 fully saturated rings. The average molecular weight is 394 g/mol. The van der Waals surface area contributed by atoms with E-state index in [1.807, 2.05) is 25.3 Å². The van der Waals surface area contributed by atoms with E-state index in [4.69, 9.17) is 0 Å². The van der Waals surface area contributed by atoms with Gasteiger partial charge in [-0.15, -0.1) is 10.2 Å². The van der Waals surface area contributed by atoms with E-state index in [0.717, 1.165) is 21.5 Å². The van der Waals surface area contributed by atoms with Crippen molar-refractivity contribution in [3.63, 3.8) is 0 Å². The van der Waals surface area contributed by atoms with Gasteiger partial charge in [-0.1, -0.05) is 25.2 Å². The fourth-order valence-electron chi connectivity index (χ4n) is 2.30. The number of carbonyl (C=O) groups is 1. The molecule has 0 radical (unpaired) electrons. The predicted octanol–water partition coefficient (Wildman–Crippen LogP) is 3.71. The minimum Gasteiger partial charge on any atom is -0.295 e. The molecular weight excluding hydrogens is 378 g/mol. The summed E-state index contributed by atoms with van der Waals surface area (Å²) < 4.78 is 2.65. The standard InChI is InChI=1S/C15H16BrN5OS/c1-8(2)6-12-19-20-15(23-12)18-14(22)13-9(3)17-11-5-4-10(16)7-21(11)13/h4-5,7-8H,6H2,1-3H3,(H,18,20,22). The zero-order chi connectivity index (χ0) is 16.6. The van der Waals surface area contributed by atoms with Gasteiger partial charge in [0.05, 0.1) is 5.69 Å². The molecule has 3 aromatic heterocycles. The molecule has 3 rings (SSSR count). The number of nitrogens with zero attached hydrogens (tertiary/aromatic N) is 4. The second-order valence-electron chi connectivity index (χ2n) is 5.67. The third-order valence-corrected chi connectivity index (χ3v) is 4.57. The second kappa shape index (κ2) is 6.37. The number of fused-ring (bicyclic) bond motifs is 1. The Bertz CT molecular complexity index is 870. The molecule has 0 atom stereocenters. The van der Waals surface area contributed by atoms with Gasteiger partial charge in [-0.25, -0.2) is 4.98 Å². The van der Waals surface area contributed by atoms with Crippen molar-refractivity contribution in [3.05, 3.63) is 39.2 Å². The van der Waals surface area contributed by atoms with Crippen LogP contribution in [0.25, 0.3) is 5.65 Å². The highest BCUT2D eigenvalue weighted by atomic mass is 79.9. The molecule has 0 saturated heterocycles. The summed E-state index contributed by atoms with van der Waals surface area (Å²) in [6, 6.07) is 3.76. The van der Waals surface area contributed by atoms with Gasteiger partial charge in [0, 0.05) is 17.1 Å². The minimum atomic E-state index is -0.236. The van der Waals surface area contributed by atoms with E-state index in [0.29, 0.717) is 22.4 Å². The number of halogens is 1. The third-order valence-electron chi connectivity index (χ3n) is 3.24. The van der Waals surface area contributed by atoms with E-state index in [1.165, 1.54) is 11.3 Å². The lowest BCUT2D eigenvalue weighted by Gasteiger charge is -2.03. The van der Waals surface area contributed by atoms with Crippen LogP contribution in [0.1, 0.15) is 35.0 Å². The summed E-state index contributed by atoms with van der Waals surface area (Å²) in [6.45, 7) is 6.07. The highest BCUT2D eigenvalue weighted by Crippen LogP contribution is 2.21. The maximum atomic E-state index is 12.6. The summed E-state index contributed by atoms with van der Waals surface area (Å²) in [5, 5.41) is 12.4. The fraction of sp³-hybridized carbons (Fsp3) is 0.333. The summed E-state index contributed by atoms with van der Waals surface area (Å²) >= 11 is 4.83. The minimum absolute atomic E-state index is 0.236. The molecule has 0 aromatic carbocycles. The number of hydrogen-bond acceptors (Lipinski definition) is 5. The van der Waals surface area contributed by atoms with Crippen LogP contribution in [0.2, 0.25) is 0 Å². The van der Waals surface area contributed by atoms with Crippen molar-refractivity contribution in [2.24, 2.45) is 5.92 Å². The molecule has 6 nitrogen and oxygen atoms in total. The quantitative estimate of drug-likeness (QED) is 0.732. The van der Waals surface area contributed by atoms with Crippen molar-refractivity contribution in [3.8, 4) is 0 Å². The number of aromatic nitrogens is 4. The van der Waals surface area contributed by atoms with Gasteiger partial charge in [-0.2, -0.15) is 0 Å². The van der Waals surface area contributed by atoms with Crippen molar-refractivity contribution in [2.45, 2.75) is 27.2 Å². The Hall–Kier alpha value is -1.80. The molecule has 120 valence electrons. The molecular formula is C15H16BrN5OS. The Morgan fingerprint density at radius 3 is 2.91 bits per heavy atom. The van der Waals surface area contributed by atoms with Crippen molar-refractivity contribution in [1.29, 1.82) is 0 Å². The predicted molar refractivity (Wildman–Crippen MR) is 94.0 cm³/mol. The lowest BCUT2D eigenvalue weighted by molar-refractivity contribution is 0.102. The van der Waals surface area contributed by atoms with E-state index < -0.39 is 0 Å². The smallest absolute Gasteiger partial charge is 0.276 e. The van der Waals surface area contributed by atoms with Crippen LogP contribution >= 0.6 is 27.3 Å². The zero-order valence-electron chi connectivity index (χ0n) is 13.0. The molecule has 0 aliphatic carbocycles.